The number of fused-ring (bicyclic) bond motifs is 1. The second-order valence-electron chi connectivity index (χ2n) is 7.94. The van der Waals surface area contributed by atoms with E-state index in [9.17, 15) is 14.4 Å². The van der Waals surface area contributed by atoms with Crippen molar-refractivity contribution in [2.45, 2.75) is 31.3 Å². The van der Waals surface area contributed by atoms with Gasteiger partial charge in [0.25, 0.3) is 11.8 Å². The van der Waals surface area contributed by atoms with E-state index in [1.54, 1.807) is 4.57 Å². The summed E-state index contributed by atoms with van der Waals surface area (Å²) in [6.45, 7) is 0. The van der Waals surface area contributed by atoms with Gasteiger partial charge in [0.05, 0.1) is 16.4 Å². The van der Waals surface area contributed by atoms with Crippen molar-refractivity contribution < 1.29 is 14.4 Å². The fraction of sp³-hybridized carbons (Fsp3) is 0.208. The monoisotopic (exact) mass is 459 g/mol. The number of amides is 2. The zero-order valence-electron chi connectivity index (χ0n) is 17.6. The Labute approximate surface area is 193 Å². The van der Waals surface area contributed by atoms with E-state index in [0.717, 1.165) is 28.6 Å². The average molecular weight is 460 g/mol. The van der Waals surface area contributed by atoms with Crippen molar-refractivity contribution in [2.75, 3.05) is 0 Å². The van der Waals surface area contributed by atoms with Gasteiger partial charge in [-0.05, 0) is 30.5 Å². The van der Waals surface area contributed by atoms with Crippen LogP contribution in [0.25, 0.3) is 15.3 Å². The molecule has 1 saturated carbocycles. The van der Waals surface area contributed by atoms with Crippen LogP contribution in [0.2, 0.25) is 0 Å². The zero-order chi connectivity index (χ0) is 22.8. The number of nitrogens with one attached hydrogen (secondary N) is 2. The lowest BCUT2D eigenvalue weighted by Gasteiger charge is -2.18. The minimum absolute atomic E-state index is 0.0509. The molecule has 33 heavy (non-hydrogen) atoms. The van der Waals surface area contributed by atoms with Gasteiger partial charge in [-0.15, -0.1) is 0 Å². The first-order valence-corrected chi connectivity index (χ1v) is 11.5. The molecule has 1 aliphatic carbocycles. The molecule has 0 aliphatic heterocycles. The summed E-state index contributed by atoms with van der Waals surface area (Å²) in [5, 5.41) is 6.06. The van der Waals surface area contributed by atoms with Crippen molar-refractivity contribution >= 4 is 39.2 Å². The smallest absolute Gasteiger partial charge is 0.289 e. The molecule has 2 aromatic carbocycles. The van der Waals surface area contributed by atoms with Crippen LogP contribution in [0.5, 0.6) is 0 Å². The predicted octanol–water partition coefficient (Wildman–Crippen LogP) is 2.67. The average Bonchev–Trinajstić information content (AvgIpc) is 3.33. The maximum atomic E-state index is 13.2. The highest BCUT2D eigenvalue weighted by molar-refractivity contribution is 7.20. The lowest BCUT2D eigenvalue weighted by molar-refractivity contribution is -0.139. The number of imidazole rings is 1. The van der Waals surface area contributed by atoms with E-state index in [2.05, 4.69) is 20.6 Å². The quantitative estimate of drug-likeness (QED) is 0.394. The number of hydrogen-bond donors (Lipinski definition) is 2. The standard InChI is InChI=1S/C24H21N5O3S/c30-21(23(32)26-16-10-11-16)18(12-15-6-2-1-3-7-15)27-22(31)19-13-25-14-29(19)24-28-17-8-4-5-9-20(17)33-24/h1-9,13-14,16,18H,10-12H2,(H,26,32)(H,27,31)/t18-/m0/s1. The van der Waals surface area contributed by atoms with Crippen LogP contribution in [0, 0.1) is 0 Å². The molecule has 5 rings (SSSR count). The molecule has 4 aromatic rings. The van der Waals surface area contributed by atoms with Gasteiger partial charge >= 0.3 is 0 Å². The topological polar surface area (TPSA) is 106 Å². The molecule has 1 atom stereocenters. The highest BCUT2D eigenvalue weighted by Crippen LogP contribution is 2.25. The van der Waals surface area contributed by atoms with Crippen LogP contribution in [0.3, 0.4) is 0 Å². The van der Waals surface area contributed by atoms with Crippen LogP contribution in [0.4, 0.5) is 0 Å². The van der Waals surface area contributed by atoms with Crippen LogP contribution in [0.15, 0.2) is 67.1 Å². The van der Waals surface area contributed by atoms with Crippen molar-refractivity contribution in [3.05, 3.63) is 78.4 Å². The molecule has 166 valence electrons. The summed E-state index contributed by atoms with van der Waals surface area (Å²) in [5.41, 5.74) is 1.91. The number of ketones is 1. The first-order valence-electron chi connectivity index (χ1n) is 10.7. The van der Waals surface area contributed by atoms with Gasteiger partial charge in [-0.1, -0.05) is 53.8 Å². The molecule has 8 nitrogen and oxygen atoms in total. The molecule has 0 spiro atoms. The van der Waals surface area contributed by atoms with E-state index >= 15 is 0 Å². The van der Waals surface area contributed by atoms with Crippen molar-refractivity contribution in [1.29, 1.82) is 0 Å². The molecule has 2 N–H and O–H groups in total. The lowest BCUT2D eigenvalue weighted by Crippen LogP contribution is -2.49. The second-order valence-corrected chi connectivity index (χ2v) is 8.95. The number of nitrogens with zero attached hydrogens (tertiary/aromatic N) is 3. The first kappa shape index (κ1) is 21.0. The second kappa shape index (κ2) is 8.95. The molecule has 1 aliphatic rings. The first-order chi connectivity index (χ1) is 16.1. The van der Waals surface area contributed by atoms with E-state index in [1.807, 2.05) is 54.6 Å². The van der Waals surface area contributed by atoms with Crippen molar-refractivity contribution in [3.63, 3.8) is 0 Å². The summed E-state index contributed by atoms with van der Waals surface area (Å²) in [4.78, 5) is 47.3. The van der Waals surface area contributed by atoms with Gasteiger partial charge in [0.1, 0.15) is 18.1 Å². The molecular weight excluding hydrogens is 438 g/mol. The largest absolute Gasteiger partial charge is 0.347 e. The maximum absolute atomic E-state index is 13.2. The fourth-order valence-corrected chi connectivity index (χ4v) is 4.46. The molecule has 0 bridgehead atoms. The molecule has 0 radical (unpaired) electrons. The van der Waals surface area contributed by atoms with Crippen LogP contribution in [-0.2, 0) is 16.0 Å². The van der Waals surface area contributed by atoms with Gasteiger partial charge in [-0.2, -0.15) is 0 Å². The van der Waals surface area contributed by atoms with E-state index in [4.69, 9.17) is 0 Å². The Bertz CT molecular complexity index is 1290. The maximum Gasteiger partial charge on any atom is 0.289 e. The molecular formula is C24H21N5O3S. The number of carbonyl (C=O) groups is 3. The molecule has 9 heteroatoms. The Hall–Kier alpha value is -3.85. The number of benzene rings is 2. The van der Waals surface area contributed by atoms with Crippen molar-refractivity contribution in [1.82, 2.24) is 25.2 Å². The zero-order valence-corrected chi connectivity index (χ0v) is 18.4. The molecule has 2 amide bonds. The number of hydrogen-bond acceptors (Lipinski definition) is 6. The number of para-hydroxylation sites is 1. The third-order valence-electron chi connectivity index (χ3n) is 5.40. The number of aromatic nitrogens is 3. The summed E-state index contributed by atoms with van der Waals surface area (Å²) in [6, 6.07) is 16.0. The predicted molar refractivity (Wildman–Crippen MR) is 124 cm³/mol. The minimum atomic E-state index is -1.00. The van der Waals surface area contributed by atoms with Crippen LogP contribution >= 0.6 is 11.3 Å². The number of thiazole rings is 1. The number of carbonyl (C=O) groups excluding carboxylic acids is 3. The van der Waals surface area contributed by atoms with Gasteiger partial charge < -0.3 is 10.6 Å². The highest BCUT2D eigenvalue weighted by Gasteiger charge is 2.32. The van der Waals surface area contributed by atoms with Gasteiger partial charge in [0.2, 0.25) is 5.78 Å². The van der Waals surface area contributed by atoms with Gasteiger partial charge in [-0.25, -0.2) is 9.97 Å². The van der Waals surface area contributed by atoms with E-state index in [1.165, 1.54) is 23.9 Å². The van der Waals surface area contributed by atoms with Gasteiger partial charge in [0.15, 0.2) is 5.13 Å². The Morgan fingerprint density at radius 1 is 1.06 bits per heavy atom. The summed E-state index contributed by atoms with van der Waals surface area (Å²) in [5.74, 6) is -1.83. The third-order valence-corrected chi connectivity index (χ3v) is 6.44. The molecule has 0 saturated heterocycles. The number of Topliss-reactive ketones (excluding diaryl/α,β-unsaturated/α-hetero) is 1. The Balaban J connectivity index is 1.39. The van der Waals surface area contributed by atoms with E-state index in [0.29, 0.717) is 5.13 Å². The third kappa shape index (κ3) is 4.68. The molecule has 0 unspecified atom stereocenters. The summed E-state index contributed by atoms with van der Waals surface area (Å²) >= 11 is 1.43. The Morgan fingerprint density at radius 3 is 2.58 bits per heavy atom. The van der Waals surface area contributed by atoms with Crippen molar-refractivity contribution in [3.8, 4) is 5.13 Å². The van der Waals surface area contributed by atoms with Crippen LogP contribution < -0.4 is 10.6 Å². The van der Waals surface area contributed by atoms with Crippen LogP contribution in [0.1, 0.15) is 28.9 Å². The highest BCUT2D eigenvalue weighted by atomic mass is 32.1. The summed E-state index contributed by atoms with van der Waals surface area (Å²) in [7, 11) is 0. The SMILES string of the molecule is O=C(NC1CC1)C(=O)[C@H](Cc1ccccc1)NC(=O)c1cncn1-c1nc2ccccc2s1. The van der Waals surface area contributed by atoms with Crippen LogP contribution in [-0.4, -0.2) is 44.2 Å². The molecule has 1 fully saturated rings. The van der Waals surface area contributed by atoms with Gasteiger partial charge in [0, 0.05) is 12.5 Å². The van der Waals surface area contributed by atoms with E-state index < -0.39 is 23.6 Å². The molecule has 2 aromatic heterocycles. The Kier molecular flexibility index (Phi) is 5.70. The minimum Gasteiger partial charge on any atom is -0.347 e. The lowest BCUT2D eigenvalue weighted by atomic mass is 10.0. The van der Waals surface area contributed by atoms with E-state index in [-0.39, 0.29) is 18.2 Å². The fourth-order valence-electron chi connectivity index (χ4n) is 3.51. The normalized spacial score (nSPS) is 14.1. The Morgan fingerprint density at radius 2 is 1.82 bits per heavy atom. The van der Waals surface area contributed by atoms with Gasteiger partial charge in [-0.3, -0.25) is 19.0 Å². The van der Waals surface area contributed by atoms with Crippen molar-refractivity contribution in [2.24, 2.45) is 0 Å². The summed E-state index contributed by atoms with van der Waals surface area (Å²) in [6.07, 6.45) is 4.89. The molecule has 2 heterocycles. The number of rotatable bonds is 8. The summed E-state index contributed by atoms with van der Waals surface area (Å²) < 4.78 is 2.58.